The molecule has 2 aromatic rings. The van der Waals surface area contributed by atoms with Gasteiger partial charge in [0.05, 0.1) is 15.4 Å². The first-order chi connectivity index (χ1) is 15.0. The molecule has 0 fully saturated rings. The minimum atomic E-state index is -3.95. The molecular formula is C20H22FN3O7S. The second-order valence-electron chi connectivity index (χ2n) is 6.58. The molecule has 0 radical (unpaired) electrons. The van der Waals surface area contributed by atoms with Gasteiger partial charge >= 0.3 is 5.97 Å². The van der Waals surface area contributed by atoms with Crippen LogP contribution in [0.1, 0.15) is 31.1 Å². The zero-order valence-corrected chi connectivity index (χ0v) is 18.4. The lowest BCUT2D eigenvalue weighted by Crippen LogP contribution is -2.31. The van der Waals surface area contributed by atoms with Crippen molar-refractivity contribution in [2.45, 2.75) is 31.8 Å². The quantitative estimate of drug-likeness (QED) is 0.340. The maximum Gasteiger partial charge on any atom is 0.341 e. The maximum atomic E-state index is 14.2. The number of non-ortho nitro benzene ring substituents is 1. The van der Waals surface area contributed by atoms with Gasteiger partial charge in [-0.05, 0) is 31.2 Å². The highest BCUT2D eigenvalue weighted by Gasteiger charge is 2.26. The zero-order chi connectivity index (χ0) is 24.1. The number of nitrogens with zero attached hydrogens (tertiary/aromatic N) is 2. The number of esters is 1. The lowest BCUT2D eigenvalue weighted by atomic mass is 10.2. The van der Waals surface area contributed by atoms with Crippen LogP contribution in [0.2, 0.25) is 0 Å². The molecule has 0 aliphatic carbocycles. The molecule has 0 saturated heterocycles. The fourth-order valence-electron chi connectivity index (χ4n) is 2.75. The molecule has 0 saturated carbocycles. The van der Waals surface area contributed by atoms with E-state index in [1.807, 2.05) is 0 Å². The summed E-state index contributed by atoms with van der Waals surface area (Å²) in [5.41, 5.74) is -0.792. The topological polar surface area (TPSA) is 136 Å². The summed E-state index contributed by atoms with van der Waals surface area (Å²) in [6, 6.07) is 7.85. The molecular weight excluding hydrogens is 445 g/mol. The van der Waals surface area contributed by atoms with Gasteiger partial charge in [-0.3, -0.25) is 14.9 Å². The Morgan fingerprint density at radius 3 is 2.44 bits per heavy atom. The van der Waals surface area contributed by atoms with Crippen LogP contribution in [0.5, 0.6) is 0 Å². The number of hydrogen-bond acceptors (Lipinski definition) is 7. The minimum Gasteiger partial charge on any atom is -0.449 e. The average Bonchev–Trinajstić information content (AvgIpc) is 2.74. The third kappa shape index (κ3) is 5.65. The van der Waals surface area contributed by atoms with Crippen LogP contribution in [-0.4, -0.2) is 48.7 Å². The number of ether oxygens (including phenoxy) is 1. The highest BCUT2D eigenvalue weighted by Crippen LogP contribution is 2.21. The molecule has 0 bridgehead atoms. The summed E-state index contributed by atoms with van der Waals surface area (Å²) in [6.07, 6.45) is -1.40. The van der Waals surface area contributed by atoms with Gasteiger partial charge in [0.1, 0.15) is 5.82 Å². The monoisotopic (exact) mass is 467 g/mol. The van der Waals surface area contributed by atoms with Crippen molar-refractivity contribution in [1.82, 2.24) is 4.31 Å². The Morgan fingerprint density at radius 2 is 1.84 bits per heavy atom. The molecule has 0 aliphatic heterocycles. The number of carbonyl (C=O) groups excluding carboxylic acids is 2. The first-order valence-corrected chi connectivity index (χ1v) is 11.0. The van der Waals surface area contributed by atoms with E-state index in [2.05, 4.69) is 5.32 Å². The predicted octanol–water partition coefficient (Wildman–Crippen LogP) is 2.95. The molecule has 32 heavy (non-hydrogen) atoms. The van der Waals surface area contributed by atoms with E-state index < -0.39 is 44.3 Å². The summed E-state index contributed by atoms with van der Waals surface area (Å²) in [4.78, 5) is 34.6. The van der Waals surface area contributed by atoms with E-state index >= 15 is 0 Å². The Labute approximate surface area is 184 Å². The van der Waals surface area contributed by atoms with Gasteiger partial charge in [0.15, 0.2) is 6.10 Å². The number of nitro benzene ring substituents is 1. The van der Waals surface area contributed by atoms with E-state index in [0.29, 0.717) is 0 Å². The number of nitrogens with one attached hydrogen (secondary N) is 1. The normalized spacial score (nSPS) is 12.3. The van der Waals surface area contributed by atoms with E-state index in [9.17, 15) is 32.5 Å². The molecule has 0 aliphatic rings. The number of hydrogen-bond donors (Lipinski definition) is 1. The lowest BCUT2D eigenvalue weighted by molar-refractivity contribution is -0.384. The summed E-state index contributed by atoms with van der Waals surface area (Å²) in [5, 5.41) is 13.2. The van der Waals surface area contributed by atoms with E-state index in [1.54, 1.807) is 13.8 Å². The van der Waals surface area contributed by atoms with Crippen molar-refractivity contribution in [3.63, 3.8) is 0 Å². The van der Waals surface area contributed by atoms with Crippen LogP contribution < -0.4 is 5.32 Å². The summed E-state index contributed by atoms with van der Waals surface area (Å²) in [6.45, 7) is 4.87. The summed E-state index contributed by atoms with van der Waals surface area (Å²) in [5.74, 6) is -3.06. The largest absolute Gasteiger partial charge is 0.449 e. The number of sulfonamides is 1. The number of rotatable bonds is 9. The average molecular weight is 467 g/mol. The number of amides is 1. The van der Waals surface area contributed by atoms with Gasteiger partial charge in [0.25, 0.3) is 11.6 Å². The zero-order valence-electron chi connectivity index (χ0n) is 17.6. The SMILES string of the molecule is CCN(CC)S(=O)(=O)c1ccc(F)c(C(=O)OC(C)C(=O)Nc2cccc([N+](=O)[O-])c2)c1. The lowest BCUT2D eigenvalue weighted by Gasteiger charge is -2.19. The second-order valence-corrected chi connectivity index (χ2v) is 8.51. The molecule has 2 rings (SSSR count). The van der Waals surface area contributed by atoms with Crippen LogP contribution >= 0.6 is 0 Å². The molecule has 0 heterocycles. The van der Waals surface area contributed by atoms with Gasteiger partial charge in [-0.1, -0.05) is 19.9 Å². The second kappa shape index (κ2) is 10.3. The minimum absolute atomic E-state index is 0.102. The Morgan fingerprint density at radius 1 is 1.19 bits per heavy atom. The molecule has 0 spiro atoms. The van der Waals surface area contributed by atoms with Crippen LogP contribution in [0, 0.1) is 15.9 Å². The first kappa shape index (κ1) is 24.9. The summed E-state index contributed by atoms with van der Waals surface area (Å²) in [7, 11) is -3.95. The van der Waals surface area contributed by atoms with Crippen LogP contribution in [-0.2, 0) is 19.6 Å². The molecule has 10 nitrogen and oxygen atoms in total. The summed E-state index contributed by atoms with van der Waals surface area (Å²) < 4.78 is 45.6. The van der Waals surface area contributed by atoms with Gasteiger partial charge < -0.3 is 10.1 Å². The molecule has 0 aromatic heterocycles. The molecule has 1 atom stereocenters. The number of halogens is 1. The smallest absolute Gasteiger partial charge is 0.341 e. The van der Waals surface area contributed by atoms with Crippen LogP contribution in [0.25, 0.3) is 0 Å². The number of benzene rings is 2. The maximum absolute atomic E-state index is 14.2. The molecule has 2 aromatic carbocycles. The molecule has 172 valence electrons. The van der Waals surface area contributed by atoms with Crippen molar-refractivity contribution >= 4 is 33.3 Å². The Bertz CT molecular complexity index is 1130. The highest BCUT2D eigenvalue weighted by molar-refractivity contribution is 7.89. The van der Waals surface area contributed by atoms with E-state index in [4.69, 9.17) is 4.74 Å². The van der Waals surface area contributed by atoms with Gasteiger partial charge in [0.2, 0.25) is 10.0 Å². The molecule has 1 unspecified atom stereocenters. The molecule has 12 heteroatoms. The standard InChI is InChI=1S/C20H22FN3O7S/c1-4-23(5-2)32(29,30)16-9-10-18(21)17(12-16)20(26)31-13(3)19(25)22-14-7-6-8-15(11-14)24(27)28/h6-13H,4-5H2,1-3H3,(H,22,25). The van der Waals surface area contributed by atoms with E-state index in [1.165, 1.54) is 25.1 Å². The Balaban J connectivity index is 2.18. The van der Waals surface area contributed by atoms with Crippen molar-refractivity contribution < 1.29 is 32.1 Å². The van der Waals surface area contributed by atoms with E-state index in [0.717, 1.165) is 28.6 Å². The summed E-state index contributed by atoms with van der Waals surface area (Å²) >= 11 is 0. The van der Waals surface area contributed by atoms with E-state index in [-0.39, 0.29) is 29.4 Å². The predicted molar refractivity (Wildman–Crippen MR) is 113 cm³/mol. The number of nitro groups is 1. The van der Waals surface area contributed by atoms with Crippen molar-refractivity contribution in [3.05, 3.63) is 64.0 Å². The van der Waals surface area contributed by atoms with Gasteiger partial charge in [-0.25, -0.2) is 17.6 Å². The first-order valence-electron chi connectivity index (χ1n) is 9.57. The Kier molecular flexibility index (Phi) is 8.00. The molecule has 1 N–H and O–H groups in total. The van der Waals surface area contributed by atoms with Gasteiger partial charge in [-0.15, -0.1) is 0 Å². The number of carbonyl (C=O) groups is 2. The third-order valence-electron chi connectivity index (χ3n) is 4.48. The Hall–Kier alpha value is -3.38. The molecule has 1 amide bonds. The van der Waals surface area contributed by atoms with Crippen molar-refractivity contribution in [3.8, 4) is 0 Å². The number of anilines is 1. The highest BCUT2D eigenvalue weighted by atomic mass is 32.2. The fraction of sp³-hybridized carbons (Fsp3) is 0.300. The van der Waals surface area contributed by atoms with Gasteiger partial charge in [0, 0.05) is 30.9 Å². The van der Waals surface area contributed by atoms with Crippen LogP contribution in [0.3, 0.4) is 0 Å². The fourth-order valence-corrected chi connectivity index (χ4v) is 4.24. The van der Waals surface area contributed by atoms with Gasteiger partial charge in [-0.2, -0.15) is 4.31 Å². The van der Waals surface area contributed by atoms with Crippen LogP contribution in [0.4, 0.5) is 15.8 Å². The van der Waals surface area contributed by atoms with Crippen molar-refractivity contribution in [2.24, 2.45) is 0 Å². The van der Waals surface area contributed by atoms with Crippen molar-refractivity contribution in [1.29, 1.82) is 0 Å². The third-order valence-corrected chi connectivity index (χ3v) is 6.52. The van der Waals surface area contributed by atoms with Crippen molar-refractivity contribution in [2.75, 3.05) is 18.4 Å². The van der Waals surface area contributed by atoms with Crippen LogP contribution in [0.15, 0.2) is 47.4 Å².